The Labute approximate surface area is 107 Å². The molecule has 0 aliphatic rings. The van der Waals surface area contributed by atoms with Crippen LogP contribution in [-0.4, -0.2) is 11.8 Å². The lowest BCUT2D eigenvalue weighted by Gasteiger charge is -2.14. The largest absolute Gasteiger partial charge is 0.418 e. The van der Waals surface area contributed by atoms with Gasteiger partial charge in [0.1, 0.15) is 0 Å². The minimum atomic E-state index is -4.65. The first-order valence-electron chi connectivity index (χ1n) is 5.16. The molecule has 102 valence electrons. The number of carbonyl (C=O) groups excluding carboxylic acids is 2. The van der Waals surface area contributed by atoms with E-state index in [1.165, 1.54) is 13.0 Å². The lowest BCUT2D eigenvalue weighted by atomic mass is 10.1. The SMILES string of the molecule is C=CC(=O)Nc1ccc(NC(C)=O)cc1C(F)(F)F. The quantitative estimate of drug-likeness (QED) is 0.831. The molecule has 1 aromatic carbocycles. The molecule has 0 spiro atoms. The van der Waals surface area contributed by atoms with Crippen LogP contribution in [0.3, 0.4) is 0 Å². The van der Waals surface area contributed by atoms with Gasteiger partial charge in [-0.15, -0.1) is 0 Å². The molecule has 0 aromatic heterocycles. The van der Waals surface area contributed by atoms with E-state index < -0.39 is 29.2 Å². The number of hydrogen-bond donors (Lipinski definition) is 2. The van der Waals surface area contributed by atoms with E-state index in [0.717, 1.165) is 18.2 Å². The summed E-state index contributed by atoms with van der Waals surface area (Å²) in [5.74, 6) is -1.24. The zero-order chi connectivity index (χ0) is 14.6. The first kappa shape index (κ1) is 14.7. The molecule has 1 aromatic rings. The highest BCUT2D eigenvalue weighted by molar-refractivity contribution is 5.99. The van der Waals surface area contributed by atoms with Crippen molar-refractivity contribution >= 4 is 23.2 Å². The molecule has 0 aliphatic heterocycles. The molecule has 0 bridgehead atoms. The van der Waals surface area contributed by atoms with Crippen LogP contribution in [0.2, 0.25) is 0 Å². The maximum atomic E-state index is 12.8. The molecule has 0 saturated heterocycles. The summed E-state index contributed by atoms with van der Waals surface area (Å²) >= 11 is 0. The van der Waals surface area contributed by atoms with Gasteiger partial charge >= 0.3 is 6.18 Å². The van der Waals surface area contributed by atoms with Crippen LogP contribution in [0.5, 0.6) is 0 Å². The van der Waals surface area contributed by atoms with Gasteiger partial charge in [0.15, 0.2) is 0 Å². The number of benzene rings is 1. The molecule has 0 heterocycles. The molecule has 0 saturated carbocycles. The van der Waals surface area contributed by atoms with Crippen LogP contribution in [0.25, 0.3) is 0 Å². The van der Waals surface area contributed by atoms with Crippen LogP contribution in [0, 0.1) is 0 Å². The summed E-state index contributed by atoms with van der Waals surface area (Å²) < 4.78 is 38.5. The van der Waals surface area contributed by atoms with E-state index in [9.17, 15) is 22.8 Å². The molecular weight excluding hydrogens is 261 g/mol. The number of alkyl halides is 3. The van der Waals surface area contributed by atoms with Gasteiger partial charge in [0.05, 0.1) is 11.3 Å². The molecule has 19 heavy (non-hydrogen) atoms. The van der Waals surface area contributed by atoms with E-state index in [1.807, 2.05) is 0 Å². The van der Waals surface area contributed by atoms with Gasteiger partial charge in [-0.2, -0.15) is 13.2 Å². The van der Waals surface area contributed by atoms with E-state index >= 15 is 0 Å². The maximum Gasteiger partial charge on any atom is 0.418 e. The number of carbonyl (C=O) groups is 2. The Hall–Kier alpha value is -2.31. The Bertz CT molecular complexity index is 524. The first-order chi connectivity index (χ1) is 8.74. The van der Waals surface area contributed by atoms with Crippen molar-refractivity contribution in [2.45, 2.75) is 13.1 Å². The lowest BCUT2D eigenvalue weighted by molar-refractivity contribution is -0.137. The molecule has 0 unspecified atom stereocenters. The van der Waals surface area contributed by atoms with Crippen molar-refractivity contribution in [1.82, 2.24) is 0 Å². The monoisotopic (exact) mass is 272 g/mol. The predicted molar refractivity (Wildman–Crippen MR) is 64.6 cm³/mol. The van der Waals surface area contributed by atoms with E-state index in [4.69, 9.17) is 0 Å². The second-order valence-electron chi connectivity index (χ2n) is 3.63. The summed E-state index contributed by atoms with van der Waals surface area (Å²) in [5, 5.41) is 4.30. The molecule has 1 rings (SSSR count). The second kappa shape index (κ2) is 5.55. The lowest BCUT2D eigenvalue weighted by Crippen LogP contribution is -2.15. The Morgan fingerprint density at radius 1 is 1.26 bits per heavy atom. The predicted octanol–water partition coefficient (Wildman–Crippen LogP) is 2.79. The number of anilines is 2. The van der Waals surface area contributed by atoms with Crippen molar-refractivity contribution in [1.29, 1.82) is 0 Å². The fourth-order valence-corrected chi connectivity index (χ4v) is 1.35. The molecule has 0 atom stereocenters. The van der Waals surface area contributed by atoms with Gasteiger partial charge in [-0.05, 0) is 24.3 Å². The smallest absolute Gasteiger partial charge is 0.326 e. The van der Waals surface area contributed by atoms with Crippen LogP contribution in [0.15, 0.2) is 30.9 Å². The van der Waals surface area contributed by atoms with Crippen LogP contribution in [0.4, 0.5) is 24.5 Å². The molecule has 2 N–H and O–H groups in total. The van der Waals surface area contributed by atoms with Gasteiger partial charge in [-0.3, -0.25) is 9.59 Å². The molecule has 7 heteroatoms. The standard InChI is InChI=1S/C12H11F3N2O2/c1-3-11(19)17-10-5-4-8(16-7(2)18)6-9(10)12(13,14)15/h3-6H,1H2,2H3,(H,16,18)(H,17,19). The fourth-order valence-electron chi connectivity index (χ4n) is 1.35. The third-order valence-electron chi connectivity index (χ3n) is 2.09. The Kier molecular flexibility index (Phi) is 4.31. The molecular formula is C12H11F3N2O2. The molecule has 2 amide bonds. The second-order valence-corrected chi connectivity index (χ2v) is 3.63. The maximum absolute atomic E-state index is 12.8. The van der Waals surface area contributed by atoms with Crippen molar-refractivity contribution in [3.05, 3.63) is 36.4 Å². The van der Waals surface area contributed by atoms with Crippen LogP contribution in [0.1, 0.15) is 12.5 Å². The van der Waals surface area contributed by atoms with Crippen LogP contribution >= 0.6 is 0 Å². The highest BCUT2D eigenvalue weighted by Crippen LogP contribution is 2.36. The zero-order valence-electron chi connectivity index (χ0n) is 9.97. The van der Waals surface area contributed by atoms with Crippen LogP contribution < -0.4 is 10.6 Å². The Balaban J connectivity index is 3.20. The van der Waals surface area contributed by atoms with Gasteiger partial charge in [-0.1, -0.05) is 6.58 Å². The van der Waals surface area contributed by atoms with Crippen molar-refractivity contribution in [2.75, 3.05) is 10.6 Å². The average Bonchev–Trinajstić information content (AvgIpc) is 2.28. The summed E-state index contributed by atoms with van der Waals surface area (Å²) in [7, 11) is 0. The third-order valence-corrected chi connectivity index (χ3v) is 2.09. The van der Waals surface area contributed by atoms with E-state index in [1.54, 1.807) is 0 Å². The minimum Gasteiger partial charge on any atom is -0.326 e. The van der Waals surface area contributed by atoms with Gasteiger partial charge in [0.2, 0.25) is 11.8 Å². The summed E-state index contributed by atoms with van der Waals surface area (Å²) in [6.07, 6.45) is -3.79. The van der Waals surface area contributed by atoms with Gasteiger partial charge in [-0.25, -0.2) is 0 Å². The summed E-state index contributed by atoms with van der Waals surface area (Å²) in [5.41, 5.74) is -1.45. The Morgan fingerprint density at radius 2 is 1.89 bits per heavy atom. The summed E-state index contributed by atoms with van der Waals surface area (Å²) in [6, 6.07) is 3.07. The zero-order valence-corrected chi connectivity index (χ0v) is 9.97. The Morgan fingerprint density at radius 3 is 2.37 bits per heavy atom. The first-order valence-corrected chi connectivity index (χ1v) is 5.16. The molecule has 0 fully saturated rings. The summed E-state index contributed by atoms with van der Waals surface area (Å²) in [4.78, 5) is 21.9. The minimum absolute atomic E-state index is 0.00331. The van der Waals surface area contributed by atoms with E-state index in [0.29, 0.717) is 0 Å². The topological polar surface area (TPSA) is 58.2 Å². The number of hydrogen-bond acceptors (Lipinski definition) is 2. The summed E-state index contributed by atoms with van der Waals surface area (Å²) in [6.45, 7) is 4.34. The average molecular weight is 272 g/mol. The molecule has 4 nitrogen and oxygen atoms in total. The van der Waals surface area contributed by atoms with Gasteiger partial charge in [0.25, 0.3) is 0 Å². The van der Waals surface area contributed by atoms with Crippen molar-refractivity contribution < 1.29 is 22.8 Å². The molecule has 0 aliphatic carbocycles. The number of rotatable bonds is 3. The van der Waals surface area contributed by atoms with E-state index in [-0.39, 0.29) is 5.69 Å². The van der Waals surface area contributed by atoms with Crippen molar-refractivity contribution in [3.8, 4) is 0 Å². The third kappa shape index (κ3) is 4.13. The highest BCUT2D eigenvalue weighted by atomic mass is 19.4. The fraction of sp³-hybridized carbons (Fsp3) is 0.167. The highest BCUT2D eigenvalue weighted by Gasteiger charge is 2.34. The van der Waals surface area contributed by atoms with Crippen molar-refractivity contribution in [2.24, 2.45) is 0 Å². The normalized spacial score (nSPS) is 10.7. The number of halogens is 3. The van der Waals surface area contributed by atoms with Gasteiger partial charge < -0.3 is 10.6 Å². The van der Waals surface area contributed by atoms with E-state index in [2.05, 4.69) is 17.2 Å². The van der Waals surface area contributed by atoms with Crippen molar-refractivity contribution in [3.63, 3.8) is 0 Å². The number of amides is 2. The van der Waals surface area contributed by atoms with Gasteiger partial charge in [0, 0.05) is 12.6 Å². The molecule has 0 radical (unpaired) electrons. The van der Waals surface area contributed by atoms with Crippen LogP contribution in [-0.2, 0) is 15.8 Å². The number of nitrogens with one attached hydrogen (secondary N) is 2.